The summed E-state index contributed by atoms with van der Waals surface area (Å²) in [5, 5.41) is 11.6. The lowest BCUT2D eigenvalue weighted by Crippen LogP contribution is -2.53. The maximum absolute atomic E-state index is 12.8. The highest BCUT2D eigenvalue weighted by atomic mass is 16.5. The number of fused-ring (bicyclic) bond motifs is 1. The Kier molecular flexibility index (Phi) is 5.03. The number of methoxy groups -OCH3 is 1. The second kappa shape index (κ2) is 7.78. The summed E-state index contributed by atoms with van der Waals surface area (Å²) in [6.07, 6.45) is 4.82. The first-order valence-corrected chi connectivity index (χ1v) is 9.36. The van der Waals surface area contributed by atoms with Crippen LogP contribution in [0.15, 0.2) is 42.7 Å². The summed E-state index contributed by atoms with van der Waals surface area (Å²) in [7, 11) is 3.37. The van der Waals surface area contributed by atoms with Gasteiger partial charge in [-0.2, -0.15) is 5.10 Å². The Morgan fingerprint density at radius 3 is 2.90 bits per heavy atom. The molecule has 0 spiro atoms. The molecule has 0 aliphatic carbocycles. The highest BCUT2D eigenvalue weighted by Gasteiger charge is 2.31. The van der Waals surface area contributed by atoms with E-state index >= 15 is 0 Å². The zero-order valence-corrected chi connectivity index (χ0v) is 16.3. The molecule has 4 rings (SSSR count). The van der Waals surface area contributed by atoms with Crippen LogP contribution < -0.4 is 20.3 Å². The fourth-order valence-corrected chi connectivity index (χ4v) is 3.50. The number of rotatable bonds is 4. The first-order chi connectivity index (χ1) is 14.0. The summed E-state index contributed by atoms with van der Waals surface area (Å²) in [5.41, 5.74) is 0.619. The third-order valence-corrected chi connectivity index (χ3v) is 4.90. The number of pyridine rings is 1. The molecule has 2 aromatic heterocycles. The standard InChI is InChI=1S/C20H22N6O3/c1-25-11-8-17(24-25)26-10-3-4-16(19(26)27)23-20(28)22-14-5-6-15-13(12-14)7-9-21-18(15)29-2/h5-9,11-12,16H,3-4,10H2,1-2H3,(H2,22,23,28). The molecule has 0 saturated carbocycles. The lowest BCUT2D eigenvalue weighted by molar-refractivity contribution is -0.121. The van der Waals surface area contributed by atoms with Crippen molar-refractivity contribution in [3.8, 4) is 5.88 Å². The van der Waals surface area contributed by atoms with E-state index < -0.39 is 12.1 Å². The van der Waals surface area contributed by atoms with Crippen LogP contribution in [0.25, 0.3) is 10.8 Å². The summed E-state index contributed by atoms with van der Waals surface area (Å²) >= 11 is 0. The van der Waals surface area contributed by atoms with Gasteiger partial charge in [0, 0.05) is 43.1 Å². The number of amides is 3. The molecule has 2 N–H and O–H groups in total. The van der Waals surface area contributed by atoms with Crippen molar-refractivity contribution in [2.75, 3.05) is 23.9 Å². The van der Waals surface area contributed by atoms with Crippen LogP contribution in [0.2, 0.25) is 0 Å². The number of anilines is 2. The van der Waals surface area contributed by atoms with Gasteiger partial charge in [0.25, 0.3) is 5.91 Å². The number of hydrogen-bond donors (Lipinski definition) is 2. The summed E-state index contributed by atoms with van der Waals surface area (Å²) in [6.45, 7) is 0.593. The van der Waals surface area contributed by atoms with Crippen molar-refractivity contribution >= 4 is 34.2 Å². The quantitative estimate of drug-likeness (QED) is 0.707. The van der Waals surface area contributed by atoms with Gasteiger partial charge in [0.05, 0.1) is 7.11 Å². The Morgan fingerprint density at radius 1 is 1.28 bits per heavy atom. The van der Waals surface area contributed by atoms with Crippen LogP contribution >= 0.6 is 0 Å². The van der Waals surface area contributed by atoms with Gasteiger partial charge in [-0.15, -0.1) is 0 Å². The fraction of sp³-hybridized carbons (Fsp3) is 0.300. The van der Waals surface area contributed by atoms with E-state index in [1.165, 1.54) is 0 Å². The molecule has 0 bridgehead atoms. The molecule has 3 amide bonds. The van der Waals surface area contributed by atoms with Crippen molar-refractivity contribution in [3.05, 3.63) is 42.7 Å². The Bertz CT molecular complexity index is 1060. The largest absolute Gasteiger partial charge is 0.481 e. The van der Waals surface area contributed by atoms with Gasteiger partial charge in [0.15, 0.2) is 5.82 Å². The number of nitrogens with zero attached hydrogens (tertiary/aromatic N) is 4. The minimum Gasteiger partial charge on any atom is -0.481 e. The van der Waals surface area contributed by atoms with Gasteiger partial charge in [0.2, 0.25) is 5.88 Å². The molecule has 150 valence electrons. The zero-order chi connectivity index (χ0) is 20.4. The average Bonchev–Trinajstić information content (AvgIpc) is 3.15. The van der Waals surface area contributed by atoms with Crippen molar-refractivity contribution in [3.63, 3.8) is 0 Å². The van der Waals surface area contributed by atoms with Crippen LogP contribution in [0.5, 0.6) is 5.88 Å². The molecular formula is C20H22N6O3. The van der Waals surface area contributed by atoms with E-state index in [2.05, 4.69) is 20.7 Å². The van der Waals surface area contributed by atoms with Crippen LogP contribution in [0.4, 0.5) is 16.3 Å². The average molecular weight is 394 g/mol. The molecule has 1 fully saturated rings. The molecule has 29 heavy (non-hydrogen) atoms. The van der Waals surface area contributed by atoms with Crippen LogP contribution in [0.3, 0.4) is 0 Å². The van der Waals surface area contributed by atoms with Gasteiger partial charge < -0.3 is 15.4 Å². The molecule has 3 aromatic rings. The Labute approximate surface area is 167 Å². The molecule has 1 aliphatic rings. The van der Waals surface area contributed by atoms with E-state index in [9.17, 15) is 9.59 Å². The maximum atomic E-state index is 12.8. The number of benzene rings is 1. The second-order valence-corrected chi connectivity index (χ2v) is 6.89. The molecule has 1 aliphatic heterocycles. The SMILES string of the molecule is COc1nccc2cc(NC(=O)NC3CCCN(c4ccn(C)n4)C3=O)ccc12. The molecule has 3 heterocycles. The van der Waals surface area contributed by atoms with Crippen LogP contribution in [0, 0.1) is 0 Å². The van der Waals surface area contributed by atoms with E-state index in [0.29, 0.717) is 30.4 Å². The van der Waals surface area contributed by atoms with Crippen molar-refractivity contribution in [2.45, 2.75) is 18.9 Å². The molecular weight excluding hydrogens is 372 g/mol. The van der Waals surface area contributed by atoms with E-state index in [1.807, 2.05) is 18.2 Å². The number of ether oxygens (including phenoxy) is 1. The van der Waals surface area contributed by atoms with Crippen LogP contribution in [-0.2, 0) is 11.8 Å². The summed E-state index contributed by atoms with van der Waals surface area (Å²) in [4.78, 5) is 31.0. The highest BCUT2D eigenvalue weighted by Crippen LogP contribution is 2.25. The predicted molar refractivity (Wildman–Crippen MR) is 109 cm³/mol. The molecule has 9 nitrogen and oxygen atoms in total. The topological polar surface area (TPSA) is 101 Å². The van der Waals surface area contributed by atoms with Crippen molar-refractivity contribution in [2.24, 2.45) is 7.05 Å². The minimum atomic E-state index is -0.587. The van der Waals surface area contributed by atoms with E-state index in [4.69, 9.17) is 4.74 Å². The number of carbonyl (C=O) groups excluding carboxylic acids is 2. The highest BCUT2D eigenvalue weighted by molar-refractivity contribution is 6.01. The second-order valence-electron chi connectivity index (χ2n) is 6.89. The number of carbonyl (C=O) groups is 2. The Morgan fingerprint density at radius 2 is 2.14 bits per heavy atom. The third kappa shape index (κ3) is 3.84. The number of hydrogen-bond acceptors (Lipinski definition) is 5. The fourth-order valence-electron chi connectivity index (χ4n) is 3.50. The van der Waals surface area contributed by atoms with Gasteiger partial charge in [0.1, 0.15) is 6.04 Å². The van der Waals surface area contributed by atoms with Gasteiger partial charge in [-0.1, -0.05) is 0 Å². The monoisotopic (exact) mass is 394 g/mol. The van der Waals surface area contributed by atoms with E-state index in [0.717, 1.165) is 17.2 Å². The zero-order valence-electron chi connectivity index (χ0n) is 16.3. The molecule has 1 saturated heterocycles. The van der Waals surface area contributed by atoms with Gasteiger partial charge in [-0.3, -0.25) is 14.4 Å². The lowest BCUT2D eigenvalue weighted by atomic mass is 10.1. The number of aromatic nitrogens is 3. The van der Waals surface area contributed by atoms with Gasteiger partial charge in [-0.05, 0) is 42.5 Å². The van der Waals surface area contributed by atoms with Gasteiger partial charge in [-0.25, -0.2) is 9.78 Å². The smallest absolute Gasteiger partial charge is 0.319 e. The Hall–Kier alpha value is -3.62. The summed E-state index contributed by atoms with van der Waals surface area (Å²) in [5.74, 6) is 0.974. The summed E-state index contributed by atoms with van der Waals surface area (Å²) < 4.78 is 6.90. The maximum Gasteiger partial charge on any atom is 0.319 e. The van der Waals surface area contributed by atoms with Crippen LogP contribution in [0.1, 0.15) is 12.8 Å². The lowest BCUT2D eigenvalue weighted by Gasteiger charge is -2.31. The summed E-state index contributed by atoms with van der Waals surface area (Å²) in [6, 6.07) is 8.07. The first-order valence-electron chi connectivity index (χ1n) is 9.36. The van der Waals surface area contributed by atoms with Crippen molar-refractivity contribution in [1.29, 1.82) is 0 Å². The van der Waals surface area contributed by atoms with Crippen molar-refractivity contribution in [1.82, 2.24) is 20.1 Å². The molecule has 9 heteroatoms. The number of piperidine rings is 1. The minimum absolute atomic E-state index is 0.153. The molecule has 1 atom stereocenters. The normalized spacial score (nSPS) is 16.7. The van der Waals surface area contributed by atoms with Crippen LogP contribution in [-0.4, -0.2) is 46.4 Å². The number of nitrogens with one attached hydrogen (secondary N) is 2. The first kappa shape index (κ1) is 18.7. The molecule has 1 aromatic carbocycles. The Balaban J connectivity index is 1.44. The van der Waals surface area contributed by atoms with E-state index in [-0.39, 0.29) is 5.91 Å². The molecule has 0 radical (unpaired) electrons. The number of aryl methyl sites for hydroxylation is 1. The van der Waals surface area contributed by atoms with Gasteiger partial charge >= 0.3 is 6.03 Å². The predicted octanol–water partition coefficient (Wildman–Crippen LogP) is 2.29. The third-order valence-electron chi connectivity index (χ3n) is 4.90. The van der Waals surface area contributed by atoms with E-state index in [1.54, 1.807) is 48.3 Å². The number of urea groups is 1. The van der Waals surface area contributed by atoms with Crippen molar-refractivity contribution < 1.29 is 14.3 Å². The molecule has 1 unspecified atom stereocenters.